The van der Waals surface area contributed by atoms with Crippen molar-refractivity contribution < 1.29 is 4.39 Å². The van der Waals surface area contributed by atoms with Crippen molar-refractivity contribution in [3.8, 4) is 6.07 Å². The zero-order valence-corrected chi connectivity index (χ0v) is 11.2. The molecule has 0 N–H and O–H groups in total. The molecule has 4 heteroatoms. The molecule has 2 rings (SSSR count). The van der Waals surface area contributed by atoms with Crippen LogP contribution in [0.15, 0.2) is 42.5 Å². The number of nitriles is 1. The summed E-state index contributed by atoms with van der Waals surface area (Å²) in [6.07, 6.45) is 1.58. The van der Waals surface area contributed by atoms with Crippen molar-refractivity contribution in [1.82, 2.24) is 0 Å². The van der Waals surface area contributed by atoms with Gasteiger partial charge in [-0.1, -0.05) is 41.4 Å². The summed E-state index contributed by atoms with van der Waals surface area (Å²) in [5.41, 5.74) is 1.52. The maximum absolute atomic E-state index is 13.1. The summed E-state index contributed by atoms with van der Waals surface area (Å²) in [6.45, 7) is 0. The molecule has 2 aromatic carbocycles. The van der Waals surface area contributed by atoms with E-state index in [0.717, 1.165) is 0 Å². The Labute approximate surface area is 120 Å². The van der Waals surface area contributed by atoms with Gasteiger partial charge in [-0.15, -0.1) is 0 Å². The first-order valence-electron chi connectivity index (χ1n) is 5.43. The molecule has 0 radical (unpaired) electrons. The van der Waals surface area contributed by atoms with E-state index in [2.05, 4.69) is 6.07 Å². The Hall–Kier alpha value is -1.82. The highest BCUT2D eigenvalue weighted by Crippen LogP contribution is 2.28. The molecule has 0 heterocycles. The molecule has 0 aliphatic rings. The minimum atomic E-state index is -0.353. The molecule has 0 bridgehead atoms. The van der Waals surface area contributed by atoms with Crippen molar-refractivity contribution in [2.75, 3.05) is 0 Å². The van der Waals surface area contributed by atoms with E-state index in [9.17, 15) is 9.65 Å². The van der Waals surface area contributed by atoms with E-state index in [1.807, 2.05) is 0 Å². The first kappa shape index (κ1) is 13.6. The van der Waals surface area contributed by atoms with E-state index >= 15 is 0 Å². The predicted molar refractivity (Wildman–Crippen MR) is 76.3 cm³/mol. The number of allylic oxidation sites excluding steroid dienone is 1. The molecule has 1 nitrogen and oxygen atoms in total. The number of hydrogen-bond acceptors (Lipinski definition) is 1. The van der Waals surface area contributed by atoms with Crippen LogP contribution in [-0.2, 0) is 0 Å². The minimum absolute atomic E-state index is 0.353. The summed E-state index contributed by atoms with van der Waals surface area (Å²) in [6, 6.07) is 12.9. The third kappa shape index (κ3) is 3.35. The second-order valence-electron chi connectivity index (χ2n) is 3.85. The van der Waals surface area contributed by atoms with Gasteiger partial charge >= 0.3 is 0 Å². The third-order valence-corrected chi connectivity index (χ3v) is 3.05. The van der Waals surface area contributed by atoms with Gasteiger partial charge in [-0.05, 0) is 35.9 Å². The van der Waals surface area contributed by atoms with Gasteiger partial charge in [0.2, 0.25) is 0 Å². The number of rotatable bonds is 2. The first-order chi connectivity index (χ1) is 9.10. The lowest BCUT2D eigenvalue weighted by atomic mass is 10.0. The van der Waals surface area contributed by atoms with E-state index < -0.39 is 0 Å². The number of nitrogens with zero attached hydrogens (tertiary/aromatic N) is 1. The van der Waals surface area contributed by atoms with Gasteiger partial charge in [0.1, 0.15) is 5.82 Å². The van der Waals surface area contributed by atoms with Gasteiger partial charge in [0.05, 0.1) is 16.7 Å². The van der Waals surface area contributed by atoms with E-state index in [4.69, 9.17) is 23.2 Å². The Balaban J connectivity index is 2.48. The zero-order valence-electron chi connectivity index (χ0n) is 9.70. The van der Waals surface area contributed by atoms with E-state index in [1.165, 1.54) is 12.1 Å². The zero-order chi connectivity index (χ0) is 13.8. The van der Waals surface area contributed by atoms with Gasteiger partial charge in [-0.25, -0.2) is 4.39 Å². The Kier molecular flexibility index (Phi) is 4.21. The molecule has 0 atom stereocenters. The van der Waals surface area contributed by atoms with Gasteiger partial charge in [-0.3, -0.25) is 0 Å². The SMILES string of the molecule is N#C/C(=C/c1cccc(F)c1)c1ccc(Cl)cc1Cl. The monoisotopic (exact) mass is 291 g/mol. The smallest absolute Gasteiger partial charge is 0.123 e. The fourth-order valence-corrected chi connectivity index (χ4v) is 2.15. The highest BCUT2D eigenvalue weighted by atomic mass is 35.5. The lowest BCUT2D eigenvalue weighted by molar-refractivity contribution is 0.627. The summed E-state index contributed by atoms with van der Waals surface area (Å²) in [4.78, 5) is 0. The standard InChI is InChI=1S/C15H8Cl2FN/c16-12-4-5-14(15(17)8-12)11(9-19)6-10-2-1-3-13(18)7-10/h1-8H/b11-6-. The lowest BCUT2D eigenvalue weighted by Crippen LogP contribution is -1.85. The van der Waals surface area contributed by atoms with E-state index in [-0.39, 0.29) is 5.82 Å². The molecule has 2 aromatic rings. The molecule has 0 fully saturated rings. The van der Waals surface area contributed by atoms with E-state index in [0.29, 0.717) is 26.7 Å². The van der Waals surface area contributed by atoms with Gasteiger partial charge in [0.15, 0.2) is 0 Å². The number of halogens is 3. The summed E-state index contributed by atoms with van der Waals surface area (Å²) >= 11 is 11.9. The van der Waals surface area contributed by atoms with Crippen LogP contribution < -0.4 is 0 Å². The first-order valence-corrected chi connectivity index (χ1v) is 6.18. The maximum Gasteiger partial charge on any atom is 0.123 e. The molecule has 0 saturated heterocycles. The summed E-state index contributed by atoms with van der Waals surface area (Å²) in [5.74, 6) is -0.353. The molecule has 0 saturated carbocycles. The summed E-state index contributed by atoms with van der Waals surface area (Å²) in [5, 5.41) is 10.1. The number of benzene rings is 2. The average Bonchev–Trinajstić information content (AvgIpc) is 2.37. The predicted octanol–water partition coefficient (Wildman–Crippen LogP) is 5.20. The molecular weight excluding hydrogens is 284 g/mol. The summed E-state index contributed by atoms with van der Waals surface area (Å²) in [7, 11) is 0. The lowest BCUT2D eigenvalue weighted by Gasteiger charge is -2.03. The molecular formula is C15H8Cl2FN. The topological polar surface area (TPSA) is 23.8 Å². The van der Waals surface area contributed by atoms with Crippen molar-refractivity contribution in [2.24, 2.45) is 0 Å². The molecule has 0 spiro atoms. The molecule has 19 heavy (non-hydrogen) atoms. The Morgan fingerprint density at radius 3 is 2.58 bits per heavy atom. The van der Waals surface area contributed by atoms with Crippen LogP contribution >= 0.6 is 23.2 Å². The van der Waals surface area contributed by atoms with Crippen LogP contribution in [0.2, 0.25) is 10.0 Å². The Morgan fingerprint density at radius 1 is 1.16 bits per heavy atom. The third-order valence-electron chi connectivity index (χ3n) is 2.50. The second kappa shape index (κ2) is 5.88. The fraction of sp³-hybridized carbons (Fsp3) is 0. The normalized spacial score (nSPS) is 11.2. The van der Waals surface area contributed by atoms with Crippen LogP contribution in [-0.4, -0.2) is 0 Å². The highest BCUT2D eigenvalue weighted by Gasteiger charge is 2.07. The summed E-state index contributed by atoms with van der Waals surface area (Å²) < 4.78 is 13.1. The second-order valence-corrected chi connectivity index (χ2v) is 4.69. The number of hydrogen-bond donors (Lipinski definition) is 0. The largest absolute Gasteiger partial charge is 0.207 e. The van der Waals surface area contributed by atoms with Gasteiger partial charge in [0, 0.05) is 10.6 Å². The molecule has 94 valence electrons. The molecule has 0 aliphatic heterocycles. The quantitative estimate of drug-likeness (QED) is 0.551. The van der Waals surface area contributed by atoms with E-state index in [1.54, 1.807) is 36.4 Å². The molecule has 0 unspecified atom stereocenters. The van der Waals surface area contributed by atoms with Gasteiger partial charge in [0.25, 0.3) is 0 Å². The van der Waals surface area contributed by atoms with Gasteiger partial charge in [-0.2, -0.15) is 5.26 Å². The van der Waals surface area contributed by atoms with Crippen LogP contribution in [0, 0.1) is 17.1 Å². The minimum Gasteiger partial charge on any atom is -0.207 e. The molecule has 0 aliphatic carbocycles. The van der Waals surface area contributed by atoms with Crippen molar-refractivity contribution in [1.29, 1.82) is 5.26 Å². The van der Waals surface area contributed by atoms with Crippen LogP contribution in [0.25, 0.3) is 11.6 Å². The Morgan fingerprint density at radius 2 is 1.95 bits per heavy atom. The van der Waals surface area contributed by atoms with Gasteiger partial charge < -0.3 is 0 Å². The van der Waals surface area contributed by atoms with Crippen LogP contribution in [0.1, 0.15) is 11.1 Å². The van der Waals surface area contributed by atoms with Crippen LogP contribution in [0.5, 0.6) is 0 Å². The maximum atomic E-state index is 13.1. The van der Waals surface area contributed by atoms with Crippen molar-refractivity contribution in [3.63, 3.8) is 0 Å². The highest BCUT2D eigenvalue weighted by molar-refractivity contribution is 6.36. The van der Waals surface area contributed by atoms with Crippen molar-refractivity contribution in [2.45, 2.75) is 0 Å². The van der Waals surface area contributed by atoms with Crippen LogP contribution in [0.3, 0.4) is 0 Å². The van der Waals surface area contributed by atoms with Crippen LogP contribution in [0.4, 0.5) is 4.39 Å². The average molecular weight is 292 g/mol. The Bertz CT molecular complexity index is 687. The fourth-order valence-electron chi connectivity index (χ4n) is 1.64. The van der Waals surface area contributed by atoms with Crippen molar-refractivity contribution in [3.05, 3.63) is 69.5 Å². The van der Waals surface area contributed by atoms with Crippen molar-refractivity contribution >= 4 is 34.9 Å². The molecule has 0 aromatic heterocycles. The molecule has 0 amide bonds.